The Balaban J connectivity index is 2.10. The van der Waals surface area contributed by atoms with Gasteiger partial charge in [-0.3, -0.25) is 4.79 Å². The van der Waals surface area contributed by atoms with Gasteiger partial charge in [0.1, 0.15) is 0 Å². The molecular weight excluding hydrogens is 274 g/mol. The summed E-state index contributed by atoms with van der Waals surface area (Å²) in [4.78, 5) is 14.9. The molecule has 0 N–H and O–H groups in total. The third kappa shape index (κ3) is 3.56. The fourth-order valence-electron chi connectivity index (χ4n) is 1.37. The Kier molecular flexibility index (Phi) is 4.20. The lowest BCUT2D eigenvalue weighted by Gasteiger charge is -1.93. The number of carbonyl (C=O) groups is 1. The first-order valence-electron chi connectivity index (χ1n) is 5.01. The summed E-state index contributed by atoms with van der Waals surface area (Å²) in [6.07, 6.45) is 3.99. The van der Waals surface area contributed by atoms with E-state index in [1.807, 2.05) is 30.4 Å². The second-order valence-corrected chi connectivity index (χ2v) is 6.21. The largest absolute Gasteiger partial charge is 0.288 e. The molecule has 0 aliphatic heterocycles. The molecule has 0 atom stereocenters. The number of carbonyl (C=O) groups excluding carboxylic acids is 1. The number of hydrogen-bond acceptors (Lipinski definition) is 4. The average molecular weight is 284 g/mol. The van der Waals surface area contributed by atoms with Gasteiger partial charge in [-0.2, -0.15) is 0 Å². The van der Waals surface area contributed by atoms with E-state index in [4.69, 9.17) is 11.6 Å². The fourth-order valence-corrected chi connectivity index (χ4v) is 2.87. The second-order valence-electron chi connectivity index (χ2n) is 3.40. The summed E-state index contributed by atoms with van der Waals surface area (Å²) in [5.41, 5.74) is 2.03. The summed E-state index contributed by atoms with van der Waals surface area (Å²) >= 11 is 8.62. The van der Waals surface area contributed by atoms with Crippen LogP contribution in [0.3, 0.4) is 0 Å². The maximum absolute atomic E-state index is 10.7. The minimum absolute atomic E-state index is 0.138. The zero-order valence-corrected chi connectivity index (χ0v) is 11.5. The Morgan fingerprint density at radius 3 is 3.18 bits per heavy atom. The highest BCUT2D eigenvalue weighted by Gasteiger charge is 2.01. The van der Waals surface area contributed by atoms with Crippen LogP contribution < -0.4 is 0 Å². The van der Waals surface area contributed by atoms with E-state index in [1.54, 1.807) is 6.92 Å². The van der Waals surface area contributed by atoms with Crippen molar-refractivity contribution in [3.63, 3.8) is 0 Å². The Labute approximate surface area is 113 Å². The number of rotatable bonds is 3. The summed E-state index contributed by atoms with van der Waals surface area (Å²) in [7, 11) is 0. The van der Waals surface area contributed by atoms with Gasteiger partial charge in [-0.25, -0.2) is 4.98 Å². The van der Waals surface area contributed by atoms with Crippen LogP contribution in [0, 0.1) is 0 Å². The van der Waals surface area contributed by atoms with Gasteiger partial charge in [0.15, 0.2) is 9.58 Å². The van der Waals surface area contributed by atoms with Crippen LogP contribution in [-0.2, 0) is 4.79 Å². The predicted molar refractivity (Wildman–Crippen MR) is 76.8 cm³/mol. The summed E-state index contributed by atoms with van der Waals surface area (Å²) in [5, 5.41) is 0.138. The van der Waals surface area contributed by atoms with Crippen molar-refractivity contribution in [2.75, 3.05) is 5.75 Å². The molecular formula is C12H10ClNOS2. The van der Waals surface area contributed by atoms with Crippen molar-refractivity contribution < 1.29 is 4.79 Å². The highest BCUT2D eigenvalue weighted by molar-refractivity contribution is 8.13. The number of fused-ring (bicyclic) bond motifs is 1. The average Bonchev–Trinajstić information content (AvgIpc) is 2.63. The second kappa shape index (κ2) is 5.67. The van der Waals surface area contributed by atoms with E-state index in [9.17, 15) is 4.79 Å². The zero-order valence-electron chi connectivity index (χ0n) is 9.14. The summed E-state index contributed by atoms with van der Waals surface area (Å²) in [6, 6.07) is 6.00. The van der Waals surface area contributed by atoms with Crippen LogP contribution in [0.25, 0.3) is 16.3 Å². The minimum Gasteiger partial charge on any atom is -0.288 e. The molecule has 2 aromatic rings. The smallest absolute Gasteiger partial charge is 0.186 e. The molecule has 0 radical (unpaired) electrons. The Bertz CT molecular complexity index is 577. The molecule has 0 saturated heterocycles. The van der Waals surface area contributed by atoms with Gasteiger partial charge in [-0.1, -0.05) is 41.6 Å². The SMILES string of the molecule is CC(=O)SCC=Cc1ccc2nc(Cl)sc2c1. The predicted octanol–water partition coefficient (Wildman–Crippen LogP) is 4.24. The van der Waals surface area contributed by atoms with Crippen molar-refractivity contribution in [2.24, 2.45) is 0 Å². The van der Waals surface area contributed by atoms with Crippen molar-refractivity contribution in [1.82, 2.24) is 4.98 Å². The van der Waals surface area contributed by atoms with Crippen LogP contribution >= 0.6 is 34.7 Å². The van der Waals surface area contributed by atoms with Gasteiger partial charge < -0.3 is 0 Å². The summed E-state index contributed by atoms with van der Waals surface area (Å²) in [6.45, 7) is 1.57. The van der Waals surface area contributed by atoms with Crippen LogP contribution in [0.4, 0.5) is 0 Å². The van der Waals surface area contributed by atoms with Crippen LogP contribution in [0.1, 0.15) is 12.5 Å². The minimum atomic E-state index is 0.138. The van der Waals surface area contributed by atoms with Crippen LogP contribution in [0.5, 0.6) is 0 Å². The van der Waals surface area contributed by atoms with Crippen molar-refractivity contribution in [1.29, 1.82) is 0 Å². The number of aromatic nitrogens is 1. The number of thiazole rings is 1. The molecule has 0 saturated carbocycles. The normalized spacial score (nSPS) is 11.4. The van der Waals surface area contributed by atoms with Gasteiger partial charge in [0.25, 0.3) is 0 Å². The molecule has 0 amide bonds. The van der Waals surface area contributed by atoms with Gasteiger partial charge in [-0.05, 0) is 17.7 Å². The first-order chi connectivity index (χ1) is 8.15. The molecule has 0 fully saturated rings. The molecule has 1 heterocycles. The topological polar surface area (TPSA) is 30.0 Å². The molecule has 5 heteroatoms. The lowest BCUT2D eigenvalue weighted by atomic mass is 10.2. The Morgan fingerprint density at radius 1 is 1.59 bits per heavy atom. The number of hydrogen-bond donors (Lipinski definition) is 0. The van der Waals surface area contributed by atoms with E-state index in [2.05, 4.69) is 4.98 Å². The third-order valence-corrected chi connectivity index (χ3v) is 3.97. The molecule has 0 aliphatic carbocycles. The van der Waals surface area contributed by atoms with E-state index >= 15 is 0 Å². The van der Waals surface area contributed by atoms with E-state index in [0.29, 0.717) is 10.2 Å². The van der Waals surface area contributed by atoms with Crippen LogP contribution in [-0.4, -0.2) is 15.9 Å². The van der Waals surface area contributed by atoms with Crippen molar-refractivity contribution >= 4 is 56.1 Å². The van der Waals surface area contributed by atoms with Gasteiger partial charge in [-0.15, -0.1) is 11.3 Å². The van der Waals surface area contributed by atoms with E-state index < -0.39 is 0 Å². The maximum atomic E-state index is 10.7. The molecule has 17 heavy (non-hydrogen) atoms. The van der Waals surface area contributed by atoms with Crippen molar-refractivity contribution in [3.8, 4) is 0 Å². The standard InChI is InChI=1S/C12H10ClNOS2/c1-8(15)16-6-2-3-9-4-5-10-11(7-9)17-12(13)14-10/h2-5,7H,6H2,1H3. The van der Waals surface area contributed by atoms with Gasteiger partial charge in [0.05, 0.1) is 10.2 Å². The highest BCUT2D eigenvalue weighted by atomic mass is 35.5. The first-order valence-corrected chi connectivity index (χ1v) is 7.19. The van der Waals surface area contributed by atoms with Crippen LogP contribution in [0.2, 0.25) is 4.47 Å². The molecule has 0 spiro atoms. The molecule has 88 valence electrons. The molecule has 2 rings (SSSR count). The fraction of sp³-hybridized carbons (Fsp3) is 0.167. The highest BCUT2D eigenvalue weighted by Crippen LogP contribution is 2.26. The Morgan fingerprint density at radius 2 is 2.41 bits per heavy atom. The number of benzene rings is 1. The number of halogens is 1. The lowest BCUT2D eigenvalue weighted by molar-refractivity contribution is -0.109. The van der Waals surface area contributed by atoms with E-state index in [-0.39, 0.29) is 5.12 Å². The number of nitrogens with zero attached hydrogens (tertiary/aromatic N) is 1. The summed E-state index contributed by atoms with van der Waals surface area (Å²) in [5.74, 6) is 0.705. The van der Waals surface area contributed by atoms with E-state index in [0.717, 1.165) is 15.8 Å². The zero-order chi connectivity index (χ0) is 12.3. The lowest BCUT2D eigenvalue weighted by Crippen LogP contribution is -1.81. The third-order valence-electron chi connectivity index (χ3n) is 2.08. The summed E-state index contributed by atoms with van der Waals surface area (Å²) < 4.78 is 1.64. The van der Waals surface area contributed by atoms with Crippen molar-refractivity contribution in [3.05, 3.63) is 34.3 Å². The molecule has 1 aromatic heterocycles. The molecule has 2 nitrogen and oxygen atoms in total. The Hall–Kier alpha value is -0.840. The monoisotopic (exact) mass is 283 g/mol. The van der Waals surface area contributed by atoms with Gasteiger partial charge >= 0.3 is 0 Å². The van der Waals surface area contributed by atoms with Gasteiger partial charge in [0, 0.05) is 12.7 Å². The number of thioether (sulfide) groups is 1. The first kappa shape index (κ1) is 12.6. The maximum Gasteiger partial charge on any atom is 0.186 e. The quantitative estimate of drug-likeness (QED) is 0.844. The molecule has 0 unspecified atom stereocenters. The van der Waals surface area contributed by atoms with Crippen molar-refractivity contribution in [2.45, 2.75) is 6.92 Å². The molecule has 0 bridgehead atoms. The molecule has 1 aromatic carbocycles. The van der Waals surface area contributed by atoms with Crippen LogP contribution in [0.15, 0.2) is 24.3 Å². The molecule has 0 aliphatic rings. The van der Waals surface area contributed by atoms with E-state index in [1.165, 1.54) is 23.1 Å². The van der Waals surface area contributed by atoms with Gasteiger partial charge in [0.2, 0.25) is 0 Å².